The average Bonchev–Trinajstić information content (AvgIpc) is 3.09. The third-order valence-corrected chi connectivity index (χ3v) is 8.37. The monoisotopic (exact) mass is 471 g/mol. The van der Waals surface area contributed by atoms with E-state index in [1.54, 1.807) is 21.0 Å². The Balaban J connectivity index is 1.54. The molecule has 2 saturated carbocycles. The minimum Gasteiger partial charge on any atom is -0.497 e. The lowest BCUT2D eigenvalue weighted by atomic mass is 9.55. The first-order valence-electron chi connectivity index (χ1n) is 12.5. The van der Waals surface area contributed by atoms with Crippen molar-refractivity contribution < 1.29 is 28.9 Å². The van der Waals surface area contributed by atoms with Crippen molar-refractivity contribution in [3.63, 3.8) is 0 Å². The molecule has 3 aliphatic carbocycles. The van der Waals surface area contributed by atoms with E-state index in [1.807, 2.05) is 0 Å². The van der Waals surface area contributed by atoms with Gasteiger partial charge in [0.1, 0.15) is 5.75 Å². The summed E-state index contributed by atoms with van der Waals surface area (Å²) in [5.41, 5.74) is 2.44. The zero-order chi connectivity index (χ0) is 24.5. The number of aliphatic hydroxyl groups is 1. The molecule has 0 radical (unpaired) electrons. The second-order valence-corrected chi connectivity index (χ2v) is 9.98. The van der Waals surface area contributed by atoms with Crippen molar-refractivity contribution in [1.82, 2.24) is 5.32 Å². The maximum absolute atomic E-state index is 12.3. The van der Waals surface area contributed by atoms with Crippen molar-refractivity contribution in [3.05, 3.63) is 41.1 Å². The number of hydrogen-bond donors (Lipinski definition) is 2. The van der Waals surface area contributed by atoms with E-state index in [0.29, 0.717) is 17.8 Å². The third-order valence-electron chi connectivity index (χ3n) is 8.37. The van der Waals surface area contributed by atoms with Crippen LogP contribution in [0.15, 0.2) is 30.0 Å². The molecule has 0 spiro atoms. The largest absolute Gasteiger partial charge is 0.497 e. The van der Waals surface area contributed by atoms with Crippen molar-refractivity contribution in [3.8, 4) is 5.75 Å². The molecule has 0 bridgehead atoms. The smallest absolute Gasteiger partial charge is 0.347 e. The molecule has 34 heavy (non-hydrogen) atoms. The van der Waals surface area contributed by atoms with Crippen LogP contribution in [0.1, 0.15) is 63.5 Å². The highest BCUT2D eigenvalue weighted by Gasteiger charge is 2.57. The van der Waals surface area contributed by atoms with Crippen LogP contribution in [-0.4, -0.2) is 49.5 Å². The molecule has 0 heterocycles. The number of esters is 2. The first-order valence-corrected chi connectivity index (χ1v) is 12.5. The number of benzene rings is 1. The van der Waals surface area contributed by atoms with E-state index in [9.17, 15) is 14.7 Å². The standard InChI is InChI=1S/C27H37NO6/c1-5-33-25(30)21(26(31)34-6-2)15-28-23-14-22-20-9-7-16-13-17(32-4)8-10-18(16)19(20)11-12-27(22,3)24(23)29/h8,10,13,15,19-20,22-24,28-29H,5-7,9,11-12,14H2,1-4H3/t19-,20-,22+,23-,24+,27+/m1/s1. The molecule has 0 aliphatic heterocycles. The van der Waals surface area contributed by atoms with Gasteiger partial charge in [0.15, 0.2) is 5.57 Å². The number of hydrogen-bond acceptors (Lipinski definition) is 7. The summed E-state index contributed by atoms with van der Waals surface area (Å²) in [4.78, 5) is 24.6. The van der Waals surface area contributed by atoms with Crippen LogP contribution in [-0.2, 0) is 25.5 Å². The Bertz CT molecular complexity index is 938. The van der Waals surface area contributed by atoms with Gasteiger partial charge in [-0.2, -0.15) is 0 Å². The lowest BCUT2D eigenvalue weighted by Crippen LogP contribution is -2.46. The Morgan fingerprint density at radius 2 is 1.88 bits per heavy atom. The average molecular weight is 472 g/mol. The summed E-state index contributed by atoms with van der Waals surface area (Å²) >= 11 is 0. The predicted molar refractivity (Wildman–Crippen MR) is 127 cm³/mol. The number of aliphatic hydroxyl groups excluding tert-OH is 1. The van der Waals surface area contributed by atoms with Crippen LogP contribution in [0.5, 0.6) is 5.75 Å². The molecular formula is C27H37NO6. The van der Waals surface area contributed by atoms with Gasteiger partial charge in [-0.15, -0.1) is 0 Å². The number of aryl methyl sites for hydroxylation is 1. The highest BCUT2D eigenvalue weighted by molar-refractivity contribution is 6.13. The Morgan fingerprint density at radius 1 is 1.18 bits per heavy atom. The molecule has 1 aromatic carbocycles. The molecule has 7 nitrogen and oxygen atoms in total. The minimum atomic E-state index is -0.719. The molecule has 0 saturated heterocycles. The number of rotatable bonds is 7. The van der Waals surface area contributed by atoms with E-state index in [1.165, 1.54) is 17.3 Å². The lowest BCUT2D eigenvalue weighted by molar-refractivity contribution is -0.146. The van der Waals surface area contributed by atoms with Crippen LogP contribution in [0, 0.1) is 17.3 Å². The van der Waals surface area contributed by atoms with Crippen LogP contribution in [0.3, 0.4) is 0 Å². The van der Waals surface area contributed by atoms with Gasteiger partial charge in [0.2, 0.25) is 0 Å². The Hall–Kier alpha value is -2.54. The van der Waals surface area contributed by atoms with Crippen molar-refractivity contribution in [2.24, 2.45) is 17.3 Å². The molecule has 2 N–H and O–H groups in total. The van der Waals surface area contributed by atoms with Gasteiger partial charge in [0.25, 0.3) is 0 Å². The molecule has 6 atom stereocenters. The van der Waals surface area contributed by atoms with Gasteiger partial charge >= 0.3 is 11.9 Å². The maximum atomic E-state index is 12.3. The molecule has 0 amide bonds. The molecular weight excluding hydrogens is 434 g/mol. The van der Waals surface area contributed by atoms with Crippen molar-refractivity contribution in [2.45, 2.75) is 70.9 Å². The lowest BCUT2D eigenvalue weighted by Gasteiger charge is -2.50. The van der Waals surface area contributed by atoms with Gasteiger partial charge in [-0.05, 0) is 92.4 Å². The summed E-state index contributed by atoms with van der Waals surface area (Å²) in [6.45, 7) is 5.91. The molecule has 186 valence electrons. The van der Waals surface area contributed by atoms with Crippen LogP contribution >= 0.6 is 0 Å². The number of methoxy groups -OCH3 is 1. The molecule has 7 heteroatoms. The third kappa shape index (κ3) is 4.30. The fourth-order valence-electron chi connectivity index (χ4n) is 6.68. The van der Waals surface area contributed by atoms with E-state index in [-0.39, 0.29) is 30.2 Å². The number of nitrogens with one attached hydrogen (secondary N) is 1. The Kier molecular flexibility index (Phi) is 7.22. The van der Waals surface area contributed by atoms with Gasteiger partial charge in [-0.3, -0.25) is 0 Å². The maximum Gasteiger partial charge on any atom is 0.347 e. The van der Waals surface area contributed by atoms with Crippen LogP contribution in [0.2, 0.25) is 0 Å². The highest BCUT2D eigenvalue weighted by Crippen LogP contribution is 2.61. The molecule has 0 unspecified atom stereocenters. The predicted octanol–water partition coefficient (Wildman–Crippen LogP) is 3.49. The fraction of sp³-hybridized carbons (Fsp3) is 0.630. The minimum absolute atomic E-state index is 0.165. The fourth-order valence-corrected chi connectivity index (χ4v) is 6.68. The van der Waals surface area contributed by atoms with Gasteiger partial charge in [0.05, 0.1) is 32.5 Å². The first kappa shape index (κ1) is 24.6. The van der Waals surface area contributed by atoms with Crippen molar-refractivity contribution in [2.75, 3.05) is 20.3 Å². The normalized spacial score (nSPS) is 31.4. The van der Waals surface area contributed by atoms with Crippen LogP contribution in [0.4, 0.5) is 0 Å². The van der Waals surface area contributed by atoms with E-state index in [4.69, 9.17) is 14.2 Å². The van der Waals surface area contributed by atoms with E-state index >= 15 is 0 Å². The number of carbonyl (C=O) groups excluding carboxylic acids is 2. The van der Waals surface area contributed by atoms with Crippen LogP contribution < -0.4 is 10.1 Å². The summed E-state index contributed by atoms with van der Waals surface area (Å²) in [5, 5.41) is 14.5. The molecule has 1 aromatic rings. The van der Waals surface area contributed by atoms with E-state index < -0.39 is 18.0 Å². The zero-order valence-electron chi connectivity index (χ0n) is 20.6. The summed E-state index contributed by atoms with van der Waals surface area (Å²) in [7, 11) is 1.70. The summed E-state index contributed by atoms with van der Waals surface area (Å²) in [6, 6.07) is 6.21. The summed E-state index contributed by atoms with van der Waals surface area (Å²) < 4.78 is 15.5. The van der Waals surface area contributed by atoms with Crippen LogP contribution in [0.25, 0.3) is 0 Å². The quantitative estimate of drug-likeness (QED) is 0.272. The second-order valence-electron chi connectivity index (χ2n) is 9.98. The summed E-state index contributed by atoms with van der Waals surface area (Å²) in [6.07, 6.45) is 5.70. The first-order chi connectivity index (χ1) is 16.3. The van der Waals surface area contributed by atoms with Gasteiger partial charge < -0.3 is 24.6 Å². The van der Waals surface area contributed by atoms with Crippen molar-refractivity contribution in [1.29, 1.82) is 0 Å². The summed E-state index contributed by atoms with van der Waals surface area (Å²) in [5.74, 6) is 0.816. The van der Waals surface area contributed by atoms with E-state index in [2.05, 4.69) is 30.4 Å². The van der Waals surface area contributed by atoms with Gasteiger partial charge in [-0.1, -0.05) is 13.0 Å². The highest BCUT2D eigenvalue weighted by atomic mass is 16.6. The molecule has 4 rings (SSSR count). The number of fused-ring (bicyclic) bond motifs is 5. The molecule has 3 aliphatic rings. The van der Waals surface area contributed by atoms with E-state index in [0.717, 1.165) is 37.9 Å². The Labute approximate surface area is 201 Å². The number of carbonyl (C=O) groups is 2. The molecule has 2 fully saturated rings. The topological polar surface area (TPSA) is 94.1 Å². The van der Waals surface area contributed by atoms with Crippen molar-refractivity contribution >= 4 is 11.9 Å². The zero-order valence-corrected chi connectivity index (χ0v) is 20.6. The Morgan fingerprint density at radius 3 is 2.53 bits per heavy atom. The van der Waals surface area contributed by atoms with Gasteiger partial charge in [0, 0.05) is 6.20 Å². The molecule has 0 aromatic heterocycles. The van der Waals surface area contributed by atoms with Gasteiger partial charge in [-0.25, -0.2) is 9.59 Å². The number of ether oxygens (including phenoxy) is 3. The SMILES string of the molecule is CCOC(=O)C(=CN[C@@H]1C[C@H]2[C@@H]3CCc4cc(OC)ccc4[C@H]3CC[C@]2(C)[C@H]1O)C(=O)OCC. The second kappa shape index (κ2) is 9.98.